The van der Waals surface area contributed by atoms with Crippen molar-refractivity contribution in [2.45, 2.75) is 13.8 Å². The molecule has 29 heavy (non-hydrogen) atoms. The molecule has 0 saturated carbocycles. The largest absolute Gasteiger partial charge is 0.497 e. The van der Waals surface area contributed by atoms with Crippen LogP contribution in [0.3, 0.4) is 0 Å². The molecule has 6 nitrogen and oxygen atoms in total. The van der Waals surface area contributed by atoms with E-state index >= 15 is 0 Å². The van der Waals surface area contributed by atoms with Gasteiger partial charge in [-0.3, -0.25) is 9.69 Å². The smallest absolute Gasteiger partial charge is 0.260 e. The molecule has 1 heterocycles. The molecule has 0 aliphatic rings. The molecule has 1 amide bonds. The second kappa shape index (κ2) is 8.80. The van der Waals surface area contributed by atoms with Gasteiger partial charge in [0.1, 0.15) is 11.5 Å². The number of carbonyl (C=O) groups is 1. The number of hydrogen-bond acceptors (Lipinski definition) is 6. The van der Waals surface area contributed by atoms with Crippen molar-refractivity contribution < 1.29 is 14.3 Å². The summed E-state index contributed by atoms with van der Waals surface area (Å²) in [6.07, 6.45) is 0. The number of aryl methyl sites for hydroxylation is 2. The quantitative estimate of drug-likeness (QED) is 0.583. The summed E-state index contributed by atoms with van der Waals surface area (Å²) in [5, 5.41) is 0.697. The minimum absolute atomic E-state index is 0.127. The first-order valence-corrected chi connectivity index (χ1v) is 10.2. The lowest BCUT2D eigenvalue weighted by atomic mass is 10.1. The Morgan fingerprint density at radius 3 is 2.24 bits per heavy atom. The zero-order valence-electron chi connectivity index (χ0n) is 17.8. The Morgan fingerprint density at radius 1 is 1.00 bits per heavy atom. The van der Waals surface area contributed by atoms with Crippen molar-refractivity contribution in [1.29, 1.82) is 0 Å². The van der Waals surface area contributed by atoms with Crippen molar-refractivity contribution >= 4 is 32.6 Å². The van der Waals surface area contributed by atoms with Crippen LogP contribution < -0.4 is 14.4 Å². The lowest BCUT2D eigenvalue weighted by Crippen LogP contribution is -2.36. The zero-order chi connectivity index (χ0) is 21.1. The van der Waals surface area contributed by atoms with Gasteiger partial charge >= 0.3 is 0 Å². The number of ether oxygens (including phenoxy) is 2. The van der Waals surface area contributed by atoms with Gasteiger partial charge in [0.2, 0.25) is 0 Å². The molecular formula is C22H27N3O3S. The van der Waals surface area contributed by atoms with E-state index in [1.807, 2.05) is 14.1 Å². The third-order valence-electron chi connectivity index (χ3n) is 4.65. The molecule has 0 atom stereocenters. The van der Waals surface area contributed by atoms with E-state index < -0.39 is 0 Å². The Hall–Kier alpha value is -2.64. The second-order valence-electron chi connectivity index (χ2n) is 7.29. The number of benzene rings is 2. The van der Waals surface area contributed by atoms with Crippen molar-refractivity contribution in [2.75, 3.05) is 46.3 Å². The number of hydrogen-bond donors (Lipinski definition) is 0. The van der Waals surface area contributed by atoms with Gasteiger partial charge < -0.3 is 14.4 Å². The Balaban J connectivity index is 2.06. The topological polar surface area (TPSA) is 54.9 Å². The zero-order valence-corrected chi connectivity index (χ0v) is 18.6. The molecule has 0 fully saturated rings. The maximum atomic E-state index is 13.5. The fraction of sp³-hybridized carbons (Fsp3) is 0.364. The molecule has 0 aliphatic carbocycles. The van der Waals surface area contributed by atoms with E-state index in [1.54, 1.807) is 48.7 Å². The molecule has 0 N–H and O–H groups in total. The van der Waals surface area contributed by atoms with Crippen LogP contribution in [-0.2, 0) is 0 Å². The molecular weight excluding hydrogens is 386 g/mol. The van der Waals surface area contributed by atoms with Gasteiger partial charge in [0.15, 0.2) is 5.13 Å². The average molecular weight is 414 g/mol. The maximum absolute atomic E-state index is 13.5. The van der Waals surface area contributed by atoms with E-state index in [-0.39, 0.29) is 5.91 Å². The Morgan fingerprint density at radius 2 is 1.66 bits per heavy atom. The number of methoxy groups -OCH3 is 2. The minimum Gasteiger partial charge on any atom is -0.497 e. The summed E-state index contributed by atoms with van der Waals surface area (Å²) < 4.78 is 11.8. The van der Waals surface area contributed by atoms with E-state index in [0.29, 0.717) is 28.7 Å². The van der Waals surface area contributed by atoms with Gasteiger partial charge in [0.25, 0.3) is 5.91 Å². The van der Waals surface area contributed by atoms with E-state index in [9.17, 15) is 4.79 Å². The van der Waals surface area contributed by atoms with Gasteiger partial charge in [0.05, 0.1) is 24.4 Å². The second-order valence-corrected chi connectivity index (χ2v) is 8.27. The highest BCUT2D eigenvalue weighted by atomic mass is 32.1. The molecule has 0 bridgehead atoms. The molecule has 0 unspecified atom stereocenters. The summed E-state index contributed by atoms with van der Waals surface area (Å²) in [4.78, 5) is 22.1. The fourth-order valence-corrected chi connectivity index (χ4v) is 4.19. The van der Waals surface area contributed by atoms with Crippen LogP contribution in [0.5, 0.6) is 11.5 Å². The highest BCUT2D eigenvalue weighted by Crippen LogP contribution is 2.33. The van der Waals surface area contributed by atoms with Crippen molar-refractivity contribution in [3.05, 3.63) is 47.0 Å². The molecule has 2 aromatic carbocycles. The van der Waals surface area contributed by atoms with Gasteiger partial charge in [-0.25, -0.2) is 4.98 Å². The molecule has 3 aromatic rings. The number of carbonyl (C=O) groups excluding carboxylic acids is 1. The molecule has 154 valence electrons. The molecule has 3 rings (SSSR count). The lowest BCUT2D eigenvalue weighted by Gasteiger charge is -2.22. The van der Waals surface area contributed by atoms with Crippen LogP contribution in [0.25, 0.3) is 10.2 Å². The van der Waals surface area contributed by atoms with Gasteiger partial charge in [-0.15, -0.1) is 0 Å². The minimum atomic E-state index is -0.127. The van der Waals surface area contributed by atoms with Crippen LogP contribution in [0.4, 0.5) is 5.13 Å². The summed E-state index contributed by atoms with van der Waals surface area (Å²) in [6, 6.07) is 9.42. The third kappa shape index (κ3) is 4.68. The van der Waals surface area contributed by atoms with Crippen LogP contribution in [0, 0.1) is 13.8 Å². The summed E-state index contributed by atoms with van der Waals surface area (Å²) in [5.74, 6) is 1.03. The van der Waals surface area contributed by atoms with Gasteiger partial charge in [-0.1, -0.05) is 17.4 Å². The van der Waals surface area contributed by atoms with E-state index in [4.69, 9.17) is 14.5 Å². The fourth-order valence-electron chi connectivity index (χ4n) is 3.15. The lowest BCUT2D eigenvalue weighted by molar-refractivity contribution is 0.0984. The van der Waals surface area contributed by atoms with Crippen molar-refractivity contribution in [2.24, 2.45) is 0 Å². The summed E-state index contributed by atoms with van der Waals surface area (Å²) in [5.41, 5.74) is 3.77. The average Bonchev–Trinajstić information content (AvgIpc) is 3.11. The predicted molar refractivity (Wildman–Crippen MR) is 119 cm³/mol. The number of likely N-dealkylation sites (N-methyl/N-ethyl adjacent to an activating group) is 1. The van der Waals surface area contributed by atoms with Crippen LogP contribution in [0.2, 0.25) is 0 Å². The Bertz CT molecular complexity index is 1010. The highest BCUT2D eigenvalue weighted by Gasteiger charge is 2.23. The van der Waals surface area contributed by atoms with Crippen molar-refractivity contribution in [1.82, 2.24) is 9.88 Å². The van der Waals surface area contributed by atoms with Crippen molar-refractivity contribution in [3.63, 3.8) is 0 Å². The van der Waals surface area contributed by atoms with Crippen LogP contribution in [0.15, 0.2) is 30.3 Å². The first-order chi connectivity index (χ1) is 13.8. The first kappa shape index (κ1) is 21.1. The summed E-state index contributed by atoms with van der Waals surface area (Å²) in [7, 11) is 7.13. The molecule has 0 aliphatic heterocycles. The summed E-state index contributed by atoms with van der Waals surface area (Å²) in [6.45, 7) is 5.39. The monoisotopic (exact) mass is 413 g/mol. The van der Waals surface area contributed by atoms with E-state index in [2.05, 4.69) is 30.9 Å². The Labute approximate surface area is 175 Å². The number of amides is 1. The number of nitrogens with zero attached hydrogens (tertiary/aromatic N) is 3. The number of fused-ring (bicyclic) bond motifs is 1. The molecule has 0 radical (unpaired) electrons. The predicted octanol–water partition coefficient (Wildman–Crippen LogP) is 4.14. The van der Waals surface area contributed by atoms with Gasteiger partial charge in [-0.05, 0) is 57.3 Å². The number of anilines is 1. The normalized spacial score (nSPS) is 11.1. The Kier molecular flexibility index (Phi) is 6.39. The third-order valence-corrected chi connectivity index (χ3v) is 5.88. The number of aromatic nitrogens is 1. The molecule has 0 saturated heterocycles. The highest BCUT2D eigenvalue weighted by molar-refractivity contribution is 7.22. The van der Waals surface area contributed by atoms with Crippen molar-refractivity contribution in [3.8, 4) is 11.5 Å². The molecule has 7 heteroatoms. The van der Waals surface area contributed by atoms with Crippen LogP contribution in [0.1, 0.15) is 21.5 Å². The SMILES string of the molecule is COc1cc(OC)cc(C(=O)N(CCN(C)C)c2nc3cc(C)cc(C)c3s2)c1. The summed E-state index contributed by atoms with van der Waals surface area (Å²) >= 11 is 1.55. The van der Waals surface area contributed by atoms with Crippen LogP contribution >= 0.6 is 11.3 Å². The van der Waals surface area contributed by atoms with Crippen LogP contribution in [-0.4, -0.2) is 57.2 Å². The number of thiazole rings is 1. The van der Waals surface area contributed by atoms with Gasteiger partial charge in [0, 0.05) is 24.7 Å². The molecule has 0 spiro atoms. The standard InChI is InChI=1S/C22H27N3O3S/c1-14-9-15(2)20-19(10-14)23-22(29-20)25(8-7-24(3)4)21(26)16-11-17(27-5)13-18(12-16)28-6/h9-13H,7-8H2,1-6H3. The van der Waals surface area contributed by atoms with E-state index in [1.165, 1.54) is 5.56 Å². The number of rotatable bonds is 7. The first-order valence-electron chi connectivity index (χ1n) is 9.40. The van der Waals surface area contributed by atoms with Gasteiger partial charge in [-0.2, -0.15) is 0 Å². The van der Waals surface area contributed by atoms with E-state index in [0.717, 1.165) is 22.3 Å². The maximum Gasteiger partial charge on any atom is 0.260 e. The molecule has 1 aromatic heterocycles.